The molecule has 0 spiro atoms. The number of hydrogen-bond acceptors (Lipinski definition) is 5. The van der Waals surface area contributed by atoms with Gasteiger partial charge in [0.25, 0.3) is 5.91 Å². The van der Waals surface area contributed by atoms with E-state index < -0.39 is 18.5 Å². The highest BCUT2D eigenvalue weighted by molar-refractivity contribution is 9.10. The lowest BCUT2D eigenvalue weighted by molar-refractivity contribution is -0.119. The number of amides is 1. The number of carbonyl (C=O) groups is 2. The van der Waals surface area contributed by atoms with Gasteiger partial charge in [0.15, 0.2) is 6.61 Å². The molecule has 21 heavy (non-hydrogen) atoms. The van der Waals surface area contributed by atoms with E-state index in [1.54, 1.807) is 18.2 Å². The van der Waals surface area contributed by atoms with Crippen molar-refractivity contribution in [2.75, 3.05) is 11.9 Å². The highest BCUT2D eigenvalue weighted by Gasteiger charge is 2.11. The minimum atomic E-state index is -0.636. The lowest BCUT2D eigenvalue weighted by atomic mass is 10.3. The molecule has 8 heteroatoms. The average molecular weight is 371 g/mol. The van der Waals surface area contributed by atoms with Crippen LogP contribution in [-0.4, -0.2) is 28.5 Å². The maximum absolute atomic E-state index is 11.7. The Bertz CT molecular complexity index is 664. The number of hydrogen-bond donors (Lipinski definition) is 1. The van der Waals surface area contributed by atoms with Crippen molar-refractivity contribution in [1.82, 2.24) is 9.97 Å². The molecule has 0 fully saturated rings. The Balaban J connectivity index is 1.86. The zero-order chi connectivity index (χ0) is 15.2. The van der Waals surface area contributed by atoms with Gasteiger partial charge in [0, 0.05) is 23.1 Å². The zero-order valence-electron chi connectivity index (χ0n) is 10.5. The summed E-state index contributed by atoms with van der Waals surface area (Å²) in [6.45, 7) is -0.421. The molecule has 0 aromatic carbocycles. The highest BCUT2D eigenvalue weighted by atomic mass is 79.9. The summed E-state index contributed by atoms with van der Waals surface area (Å²) in [5.41, 5.74) is 0.252. The van der Waals surface area contributed by atoms with Gasteiger partial charge >= 0.3 is 5.97 Å². The van der Waals surface area contributed by atoms with Crippen LogP contribution in [0.25, 0.3) is 0 Å². The van der Waals surface area contributed by atoms with Crippen LogP contribution in [0.2, 0.25) is 5.02 Å². The van der Waals surface area contributed by atoms with Gasteiger partial charge in [-0.05, 0) is 34.1 Å². The van der Waals surface area contributed by atoms with Gasteiger partial charge in [-0.25, -0.2) is 9.78 Å². The fourth-order valence-corrected chi connectivity index (χ4v) is 1.84. The molecule has 1 amide bonds. The molecule has 0 aliphatic carbocycles. The fourth-order valence-electron chi connectivity index (χ4n) is 1.37. The summed E-state index contributed by atoms with van der Waals surface area (Å²) < 4.78 is 5.52. The molecule has 6 nitrogen and oxygen atoms in total. The lowest BCUT2D eigenvalue weighted by Gasteiger charge is -2.06. The number of pyridine rings is 2. The van der Waals surface area contributed by atoms with Crippen molar-refractivity contribution in [2.24, 2.45) is 0 Å². The second-order valence-corrected chi connectivity index (χ2v) is 5.23. The van der Waals surface area contributed by atoms with Crippen LogP contribution in [0, 0.1) is 0 Å². The minimum absolute atomic E-state index is 0.252. The Kier molecular flexibility index (Phi) is 5.24. The maximum Gasteiger partial charge on any atom is 0.340 e. The van der Waals surface area contributed by atoms with Gasteiger partial charge in [-0.2, -0.15) is 0 Å². The van der Waals surface area contributed by atoms with Crippen molar-refractivity contribution in [2.45, 2.75) is 0 Å². The number of anilines is 1. The molecule has 0 atom stereocenters. The summed E-state index contributed by atoms with van der Waals surface area (Å²) in [4.78, 5) is 31.0. The molecule has 108 valence electrons. The molecule has 0 radical (unpaired) electrons. The van der Waals surface area contributed by atoms with E-state index in [9.17, 15) is 9.59 Å². The first-order chi connectivity index (χ1) is 10.0. The summed E-state index contributed by atoms with van der Waals surface area (Å²) in [5.74, 6) is -0.811. The molecule has 1 N–H and O–H groups in total. The smallest absolute Gasteiger partial charge is 0.340 e. The van der Waals surface area contributed by atoms with Crippen molar-refractivity contribution in [3.8, 4) is 0 Å². The quantitative estimate of drug-likeness (QED) is 0.837. The van der Waals surface area contributed by atoms with E-state index in [1.165, 1.54) is 18.6 Å². The van der Waals surface area contributed by atoms with E-state index in [1.807, 2.05) is 0 Å². The Morgan fingerprint density at radius 1 is 1.29 bits per heavy atom. The second-order valence-electron chi connectivity index (χ2n) is 3.88. The van der Waals surface area contributed by atoms with E-state index in [-0.39, 0.29) is 5.56 Å². The number of carbonyl (C=O) groups excluding carboxylic acids is 2. The Hall–Kier alpha value is -1.99. The predicted molar refractivity (Wildman–Crippen MR) is 80.1 cm³/mol. The summed E-state index contributed by atoms with van der Waals surface area (Å²) in [7, 11) is 0. The van der Waals surface area contributed by atoms with E-state index in [4.69, 9.17) is 16.3 Å². The van der Waals surface area contributed by atoms with Crippen LogP contribution in [0.4, 0.5) is 5.82 Å². The van der Waals surface area contributed by atoms with Crippen molar-refractivity contribution in [3.63, 3.8) is 0 Å². The fraction of sp³-hybridized carbons (Fsp3) is 0.0769. The average Bonchev–Trinajstić information content (AvgIpc) is 2.47. The third-order valence-electron chi connectivity index (χ3n) is 2.27. The summed E-state index contributed by atoms with van der Waals surface area (Å²) in [6, 6.07) is 4.68. The third kappa shape index (κ3) is 4.80. The van der Waals surface area contributed by atoms with Crippen molar-refractivity contribution >= 4 is 45.2 Å². The number of halogens is 2. The number of rotatable bonds is 4. The van der Waals surface area contributed by atoms with Crippen LogP contribution in [0.5, 0.6) is 0 Å². The Morgan fingerprint density at radius 3 is 2.76 bits per heavy atom. The van der Waals surface area contributed by atoms with Gasteiger partial charge in [0.05, 0.1) is 10.6 Å². The third-order valence-corrected chi connectivity index (χ3v) is 2.93. The zero-order valence-corrected chi connectivity index (χ0v) is 12.9. The van der Waals surface area contributed by atoms with Crippen molar-refractivity contribution in [1.29, 1.82) is 0 Å². The van der Waals surface area contributed by atoms with Gasteiger partial charge in [0.1, 0.15) is 5.82 Å². The molecule has 0 aliphatic rings. The molecule has 2 aromatic rings. The maximum atomic E-state index is 11.7. The van der Waals surface area contributed by atoms with Gasteiger partial charge in [-0.1, -0.05) is 11.6 Å². The van der Waals surface area contributed by atoms with Gasteiger partial charge in [0.2, 0.25) is 0 Å². The predicted octanol–water partition coefficient (Wildman–Crippen LogP) is 2.69. The van der Waals surface area contributed by atoms with Crippen LogP contribution in [0.3, 0.4) is 0 Å². The van der Waals surface area contributed by atoms with Crippen molar-refractivity contribution < 1.29 is 14.3 Å². The number of nitrogens with zero attached hydrogens (tertiary/aromatic N) is 2. The number of aromatic nitrogens is 2. The van der Waals surface area contributed by atoms with Crippen molar-refractivity contribution in [3.05, 3.63) is 51.8 Å². The van der Waals surface area contributed by atoms with E-state index in [0.717, 1.165) is 0 Å². The Morgan fingerprint density at radius 2 is 2.10 bits per heavy atom. The lowest BCUT2D eigenvalue weighted by Crippen LogP contribution is -2.21. The summed E-state index contributed by atoms with van der Waals surface area (Å²) in [6.07, 6.45) is 4.29. The minimum Gasteiger partial charge on any atom is -0.452 e. The van der Waals surface area contributed by atoms with Crippen LogP contribution in [0.15, 0.2) is 41.3 Å². The number of esters is 1. The van der Waals surface area contributed by atoms with Gasteiger partial charge in [-0.15, -0.1) is 0 Å². The summed E-state index contributed by atoms with van der Waals surface area (Å²) in [5, 5.41) is 2.94. The molecule has 2 aromatic heterocycles. The van der Waals surface area contributed by atoms with Crippen LogP contribution < -0.4 is 5.32 Å². The monoisotopic (exact) mass is 369 g/mol. The first kappa shape index (κ1) is 15.4. The van der Waals surface area contributed by atoms with Crippen LogP contribution in [-0.2, 0) is 9.53 Å². The largest absolute Gasteiger partial charge is 0.452 e. The van der Waals surface area contributed by atoms with Gasteiger partial charge < -0.3 is 10.1 Å². The molecule has 2 heterocycles. The molecule has 0 saturated heterocycles. The van der Waals surface area contributed by atoms with Gasteiger partial charge in [-0.3, -0.25) is 9.78 Å². The first-order valence-electron chi connectivity index (χ1n) is 5.73. The molecule has 0 bridgehead atoms. The Labute approximate surface area is 133 Å². The normalized spacial score (nSPS) is 10.0. The molecule has 0 unspecified atom stereocenters. The van der Waals surface area contributed by atoms with E-state index >= 15 is 0 Å². The van der Waals surface area contributed by atoms with Crippen LogP contribution >= 0.6 is 27.5 Å². The number of ether oxygens (including phenoxy) is 1. The molecular weight excluding hydrogens is 362 g/mol. The molecule has 2 rings (SSSR count). The van der Waals surface area contributed by atoms with E-state index in [2.05, 4.69) is 31.2 Å². The SMILES string of the molecule is O=C(COC(=O)c1cncc(Br)c1)Nc1ccc(Cl)cn1. The molecule has 0 aliphatic heterocycles. The standard InChI is InChI=1S/C13H9BrClN3O3/c14-9-3-8(4-16-5-9)13(20)21-7-12(19)18-11-2-1-10(15)6-17-11/h1-6H,7H2,(H,17,18,19). The second kappa shape index (κ2) is 7.14. The van der Waals surface area contributed by atoms with E-state index in [0.29, 0.717) is 15.3 Å². The summed E-state index contributed by atoms with van der Waals surface area (Å²) >= 11 is 8.87. The first-order valence-corrected chi connectivity index (χ1v) is 6.91. The number of nitrogens with one attached hydrogen (secondary N) is 1. The topological polar surface area (TPSA) is 81.2 Å². The molecular formula is C13H9BrClN3O3. The molecule has 0 saturated carbocycles. The highest BCUT2D eigenvalue weighted by Crippen LogP contribution is 2.11. The van der Waals surface area contributed by atoms with Crippen LogP contribution in [0.1, 0.15) is 10.4 Å².